The van der Waals surface area contributed by atoms with Gasteiger partial charge in [0.05, 0.1) is 29.8 Å². The summed E-state index contributed by atoms with van der Waals surface area (Å²) in [7, 11) is 0. The molecule has 2 heterocycles. The molecule has 0 radical (unpaired) electrons. The van der Waals surface area contributed by atoms with Crippen LogP contribution in [0.1, 0.15) is 18.4 Å². The average Bonchev–Trinajstić information content (AvgIpc) is 2.99. The molecule has 0 unspecified atom stereocenters. The Labute approximate surface area is 152 Å². The summed E-state index contributed by atoms with van der Waals surface area (Å²) in [4.78, 5) is 14.8. The van der Waals surface area contributed by atoms with Gasteiger partial charge in [-0.2, -0.15) is 10.5 Å². The van der Waals surface area contributed by atoms with E-state index in [9.17, 15) is 20.6 Å². The Morgan fingerprint density at radius 3 is 2.73 bits per heavy atom. The number of rotatable bonds is 2. The summed E-state index contributed by atoms with van der Waals surface area (Å²) in [5.41, 5.74) is 3.10. The molecule has 132 valence electrons. The number of nitrogens with zero attached hydrogens (tertiary/aromatic N) is 4. The number of ether oxygens (including phenoxy) is 2. The van der Waals surface area contributed by atoms with Crippen molar-refractivity contribution in [3.05, 3.63) is 38.9 Å². The van der Waals surface area contributed by atoms with Crippen LogP contribution in [0.4, 0.5) is 5.69 Å². The third kappa shape index (κ3) is 1.59. The average molecular weight is 374 g/mol. The summed E-state index contributed by atoms with van der Waals surface area (Å²) >= 11 is 5.87. The van der Waals surface area contributed by atoms with Gasteiger partial charge < -0.3 is 15.2 Å². The van der Waals surface area contributed by atoms with Crippen molar-refractivity contribution in [3.8, 4) is 12.1 Å². The maximum Gasteiger partial charge on any atom is 0.293 e. The third-order valence-corrected chi connectivity index (χ3v) is 5.62. The van der Waals surface area contributed by atoms with Gasteiger partial charge in [-0.05, 0) is 18.6 Å². The van der Waals surface area contributed by atoms with Gasteiger partial charge in [-0.25, -0.2) is 4.99 Å². The Hall–Kier alpha value is -2.72. The van der Waals surface area contributed by atoms with Gasteiger partial charge in [-0.3, -0.25) is 10.1 Å². The van der Waals surface area contributed by atoms with E-state index in [0.717, 1.165) is 0 Å². The van der Waals surface area contributed by atoms with Crippen molar-refractivity contribution in [1.29, 1.82) is 10.5 Å². The first-order valence-electron chi connectivity index (χ1n) is 7.73. The maximum absolute atomic E-state index is 11.2. The molecular formula is C16H12ClN5O4. The molecule has 9 nitrogen and oxygen atoms in total. The van der Waals surface area contributed by atoms with Crippen LogP contribution in [-0.2, 0) is 9.47 Å². The molecule has 1 saturated carbocycles. The molecule has 10 heteroatoms. The lowest BCUT2D eigenvalue weighted by Gasteiger charge is -2.26. The summed E-state index contributed by atoms with van der Waals surface area (Å²) in [6.07, 6.45) is -0.341. The van der Waals surface area contributed by atoms with Crippen LogP contribution in [0.3, 0.4) is 0 Å². The lowest BCUT2D eigenvalue weighted by molar-refractivity contribution is -0.384. The number of fused-ring (bicyclic) bond motifs is 2. The number of hydrogen-bond acceptors (Lipinski definition) is 8. The minimum absolute atomic E-state index is 0.0417. The van der Waals surface area contributed by atoms with Gasteiger partial charge in [0, 0.05) is 12.0 Å². The third-order valence-electron chi connectivity index (χ3n) is 5.30. The van der Waals surface area contributed by atoms with Gasteiger partial charge in [0.25, 0.3) is 11.6 Å². The predicted octanol–water partition coefficient (Wildman–Crippen LogP) is 1.83. The largest absolute Gasteiger partial charge is 0.386 e. The van der Waals surface area contributed by atoms with E-state index in [1.54, 1.807) is 6.92 Å². The molecule has 1 aromatic carbocycles. The fourth-order valence-electron chi connectivity index (χ4n) is 4.21. The number of nitro benzene ring substituents is 1. The molecule has 2 N–H and O–H groups in total. The highest BCUT2D eigenvalue weighted by atomic mass is 35.5. The highest BCUT2D eigenvalue weighted by molar-refractivity contribution is 6.32. The summed E-state index contributed by atoms with van der Waals surface area (Å²) in [6, 6.07) is 8.37. The molecule has 2 aliphatic heterocycles. The van der Waals surface area contributed by atoms with E-state index < -0.39 is 27.6 Å². The topological polar surface area (TPSA) is 148 Å². The van der Waals surface area contributed by atoms with Crippen LogP contribution in [0.2, 0.25) is 5.02 Å². The van der Waals surface area contributed by atoms with Crippen LogP contribution in [-0.4, -0.2) is 29.4 Å². The molecule has 1 aliphatic carbocycles. The van der Waals surface area contributed by atoms with Crippen LogP contribution in [0.5, 0.6) is 0 Å². The number of amidine groups is 1. The number of nitro groups is 1. The molecule has 2 fully saturated rings. The number of halogens is 1. The van der Waals surface area contributed by atoms with Gasteiger partial charge in [0.1, 0.15) is 16.3 Å². The number of aliphatic imine (C=N–C) groups is 1. The summed E-state index contributed by atoms with van der Waals surface area (Å²) < 4.78 is 11.5. The van der Waals surface area contributed by atoms with E-state index in [0.29, 0.717) is 5.56 Å². The van der Waals surface area contributed by atoms with Crippen molar-refractivity contribution in [2.75, 3.05) is 6.61 Å². The second-order valence-corrected chi connectivity index (χ2v) is 6.97. The van der Waals surface area contributed by atoms with Gasteiger partial charge in [0.15, 0.2) is 5.41 Å². The zero-order valence-electron chi connectivity index (χ0n) is 13.5. The molecule has 1 aromatic rings. The summed E-state index contributed by atoms with van der Waals surface area (Å²) in [6.45, 7) is 1.94. The zero-order valence-corrected chi connectivity index (χ0v) is 14.2. The van der Waals surface area contributed by atoms with E-state index in [1.807, 2.05) is 0 Å². The highest BCUT2D eigenvalue weighted by Gasteiger charge is 2.94. The normalized spacial score (nSPS) is 39.8. The first kappa shape index (κ1) is 16.7. The SMILES string of the molecule is C[C@@H]1CO[C@]2(N=C(N)[C@@]3(C#N)[C@@H](c4ccc(Cl)c([N+](=O)[O-])c4)[C@@]23C#N)O1. The van der Waals surface area contributed by atoms with Crippen LogP contribution in [0.25, 0.3) is 0 Å². The van der Waals surface area contributed by atoms with Crippen molar-refractivity contribution in [3.63, 3.8) is 0 Å². The number of hydrogen-bond donors (Lipinski definition) is 1. The Morgan fingerprint density at radius 1 is 1.46 bits per heavy atom. The predicted molar refractivity (Wildman–Crippen MR) is 87.8 cm³/mol. The fraction of sp³-hybridized carbons (Fsp3) is 0.438. The standard InChI is InChI=1S/C16H12ClN5O4/c1-8-5-25-16(26-8)15(7-19)12(14(15,6-18)13(20)21-16)9-2-3-10(17)11(4-9)22(23)24/h2-4,8,12H,5H2,1H3,(H2,20,21)/t8-,12-,14-,15-,16+/m1/s1. The van der Waals surface area contributed by atoms with Crippen LogP contribution in [0.15, 0.2) is 23.2 Å². The van der Waals surface area contributed by atoms with Crippen LogP contribution >= 0.6 is 11.6 Å². The molecule has 0 amide bonds. The van der Waals surface area contributed by atoms with Crippen LogP contribution < -0.4 is 5.73 Å². The lowest BCUT2D eigenvalue weighted by atomic mass is 9.94. The van der Waals surface area contributed by atoms with Crippen LogP contribution in [0, 0.1) is 43.6 Å². The van der Waals surface area contributed by atoms with Gasteiger partial charge in [-0.1, -0.05) is 17.7 Å². The Morgan fingerprint density at radius 2 is 2.19 bits per heavy atom. The molecule has 0 aromatic heterocycles. The Balaban J connectivity index is 1.91. The zero-order chi connectivity index (χ0) is 18.9. The van der Waals surface area contributed by atoms with Crippen molar-refractivity contribution in [2.45, 2.75) is 24.9 Å². The van der Waals surface area contributed by atoms with E-state index in [1.165, 1.54) is 18.2 Å². The Bertz CT molecular complexity index is 968. The Kier molecular flexibility index (Phi) is 3.17. The van der Waals surface area contributed by atoms with Crippen molar-refractivity contribution < 1.29 is 14.4 Å². The second kappa shape index (κ2) is 4.92. The molecule has 3 aliphatic rings. The quantitative estimate of drug-likeness (QED) is 0.613. The minimum Gasteiger partial charge on any atom is -0.386 e. The van der Waals surface area contributed by atoms with E-state index in [4.69, 9.17) is 26.8 Å². The van der Waals surface area contributed by atoms with Crippen molar-refractivity contribution in [2.24, 2.45) is 21.6 Å². The second-order valence-electron chi connectivity index (χ2n) is 6.56. The van der Waals surface area contributed by atoms with Gasteiger partial charge in [-0.15, -0.1) is 0 Å². The maximum atomic E-state index is 11.2. The first-order valence-corrected chi connectivity index (χ1v) is 8.11. The first-order chi connectivity index (χ1) is 12.3. The van der Waals surface area contributed by atoms with Crippen molar-refractivity contribution in [1.82, 2.24) is 0 Å². The number of benzene rings is 1. The lowest BCUT2D eigenvalue weighted by Crippen LogP contribution is -2.39. The summed E-state index contributed by atoms with van der Waals surface area (Å²) in [5.74, 6) is -2.55. The molecule has 1 spiro atoms. The molecule has 0 bridgehead atoms. The van der Waals surface area contributed by atoms with Gasteiger partial charge in [0.2, 0.25) is 0 Å². The highest BCUT2D eigenvalue weighted by Crippen LogP contribution is 2.82. The monoisotopic (exact) mass is 373 g/mol. The molecule has 1 saturated heterocycles. The van der Waals surface area contributed by atoms with Crippen molar-refractivity contribution >= 4 is 23.1 Å². The van der Waals surface area contributed by atoms with E-state index >= 15 is 0 Å². The minimum atomic E-state index is -1.69. The summed E-state index contributed by atoms with van der Waals surface area (Å²) in [5, 5.41) is 31.1. The molecular weight excluding hydrogens is 362 g/mol. The fourth-order valence-corrected chi connectivity index (χ4v) is 4.40. The smallest absolute Gasteiger partial charge is 0.293 e. The molecule has 4 rings (SSSR count). The van der Waals surface area contributed by atoms with Gasteiger partial charge >= 0.3 is 0 Å². The number of nitrogens with two attached hydrogens (primary N) is 1. The number of nitriles is 2. The van der Waals surface area contributed by atoms with E-state index in [2.05, 4.69) is 17.1 Å². The molecule has 5 atom stereocenters. The van der Waals surface area contributed by atoms with E-state index in [-0.39, 0.29) is 29.3 Å². The molecule has 26 heavy (non-hydrogen) atoms.